The fraction of sp³-hybridized carbons (Fsp3) is 0.273. The molecular formula is C11H12N2S2. The molecule has 0 saturated carbocycles. The van der Waals surface area contributed by atoms with Crippen molar-refractivity contribution in [2.24, 2.45) is 0 Å². The molecule has 0 spiro atoms. The molecular weight excluding hydrogens is 224 g/mol. The van der Waals surface area contributed by atoms with Crippen LogP contribution in [-0.4, -0.2) is 9.97 Å². The fourth-order valence-electron chi connectivity index (χ4n) is 1.56. The molecule has 1 N–H and O–H groups in total. The summed E-state index contributed by atoms with van der Waals surface area (Å²) in [6.45, 7) is 6.06. The Labute approximate surface area is 98.0 Å². The summed E-state index contributed by atoms with van der Waals surface area (Å²) < 4.78 is 0.687. The number of hydrogen-bond acceptors (Lipinski definition) is 3. The lowest BCUT2D eigenvalue weighted by atomic mass is 10.1. The lowest BCUT2D eigenvalue weighted by Gasteiger charge is -2.06. The zero-order valence-electron chi connectivity index (χ0n) is 8.92. The standard InChI is InChI=1S/C11H12N2S2/c1-6-10(9-4-5-15-7(9)2)12-8(3)13-11(6)14/h4-5H,1-3H3,(H,12,13,14). The van der Waals surface area contributed by atoms with E-state index in [1.54, 1.807) is 11.3 Å². The number of rotatable bonds is 1. The molecule has 78 valence electrons. The van der Waals surface area contributed by atoms with Crippen molar-refractivity contribution in [1.82, 2.24) is 9.97 Å². The van der Waals surface area contributed by atoms with Crippen molar-refractivity contribution < 1.29 is 0 Å². The Bertz CT molecular complexity index is 552. The molecule has 0 unspecified atom stereocenters. The minimum Gasteiger partial charge on any atom is -0.343 e. The van der Waals surface area contributed by atoms with Crippen LogP contribution in [0.2, 0.25) is 0 Å². The molecule has 0 aromatic carbocycles. The molecule has 0 atom stereocenters. The third-order valence-corrected chi connectivity index (χ3v) is 3.64. The van der Waals surface area contributed by atoms with E-state index in [9.17, 15) is 0 Å². The van der Waals surface area contributed by atoms with Crippen LogP contribution in [0.1, 0.15) is 16.3 Å². The van der Waals surface area contributed by atoms with E-state index in [1.807, 2.05) is 13.8 Å². The number of hydrogen-bond donors (Lipinski definition) is 1. The zero-order valence-corrected chi connectivity index (χ0v) is 10.6. The minimum absolute atomic E-state index is 0.687. The summed E-state index contributed by atoms with van der Waals surface area (Å²) in [6, 6.07) is 2.12. The van der Waals surface area contributed by atoms with Gasteiger partial charge in [-0.15, -0.1) is 11.3 Å². The summed E-state index contributed by atoms with van der Waals surface area (Å²) in [5.41, 5.74) is 3.39. The topological polar surface area (TPSA) is 28.7 Å². The number of aromatic nitrogens is 2. The number of thiophene rings is 1. The van der Waals surface area contributed by atoms with E-state index in [2.05, 4.69) is 28.3 Å². The zero-order chi connectivity index (χ0) is 11.0. The fourth-order valence-corrected chi connectivity index (χ4v) is 2.50. The summed E-state index contributed by atoms with van der Waals surface area (Å²) in [6.07, 6.45) is 0. The average Bonchev–Trinajstić information content (AvgIpc) is 2.58. The maximum absolute atomic E-state index is 5.22. The first-order chi connectivity index (χ1) is 7.09. The molecule has 0 aliphatic carbocycles. The van der Waals surface area contributed by atoms with Crippen LogP contribution >= 0.6 is 23.6 Å². The van der Waals surface area contributed by atoms with Gasteiger partial charge in [-0.3, -0.25) is 0 Å². The molecule has 0 radical (unpaired) electrons. The van der Waals surface area contributed by atoms with Crippen molar-refractivity contribution in [1.29, 1.82) is 0 Å². The van der Waals surface area contributed by atoms with Gasteiger partial charge in [0.05, 0.1) is 5.69 Å². The summed E-state index contributed by atoms with van der Waals surface area (Å²) >= 11 is 6.96. The molecule has 0 aliphatic heterocycles. The SMILES string of the molecule is Cc1nc(=S)c(C)c(-c2ccsc2C)[nH]1. The first-order valence-electron chi connectivity index (χ1n) is 4.71. The highest BCUT2D eigenvalue weighted by Crippen LogP contribution is 2.28. The van der Waals surface area contributed by atoms with Crippen molar-refractivity contribution in [3.8, 4) is 11.3 Å². The van der Waals surface area contributed by atoms with E-state index in [-0.39, 0.29) is 0 Å². The van der Waals surface area contributed by atoms with E-state index in [4.69, 9.17) is 12.2 Å². The molecule has 2 aromatic heterocycles. The number of H-pyrrole nitrogens is 1. The third kappa shape index (κ3) is 1.87. The van der Waals surface area contributed by atoms with Gasteiger partial charge in [-0.1, -0.05) is 12.2 Å². The van der Waals surface area contributed by atoms with Gasteiger partial charge in [0.2, 0.25) is 0 Å². The maximum atomic E-state index is 5.22. The van der Waals surface area contributed by atoms with E-state index >= 15 is 0 Å². The van der Waals surface area contributed by atoms with Gasteiger partial charge in [0.1, 0.15) is 10.5 Å². The second-order valence-electron chi connectivity index (χ2n) is 3.52. The average molecular weight is 236 g/mol. The van der Waals surface area contributed by atoms with Crippen LogP contribution in [0, 0.1) is 25.4 Å². The maximum Gasteiger partial charge on any atom is 0.133 e. The van der Waals surface area contributed by atoms with E-state index in [0.717, 1.165) is 17.1 Å². The number of nitrogens with zero attached hydrogens (tertiary/aromatic N) is 1. The van der Waals surface area contributed by atoms with Crippen LogP contribution in [-0.2, 0) is 0 Å². The quantitative estimate of drug-likeness (QED) is 0.763. The predicted molar refractivity (Wildman–Crippen MR) is 66.9 cm³/mol. The molecule has 2 aromatic rings. The van der Waals surface area contributed by atoms with E-state index in [1.165, 1.54) is 10.4 Å². The highest BCUT2D eigenvalue weighted by atomic mass is 32.1. The molecule has 4 heteroatoms. The largest absolute Gasteiger partial charge is 0.343 e. The molecule has 0 amide bonds. The Hall–Kier alpha value is -1.00. The molecule has 0 fully saturated rings. The first-order valence-corrected chi connectivity index (χ1v) is 6.00. The molecule has 2 nitrogen and oxygen atoms in total. The lowest BCUT2D eigenvalue weighted by molar-refractivity contribution is 1.02. The second-order valence-corrected chi connectivity index (χ2v) is 5.02. The molecule has 2 rings (SSSR count). The van der Waals surface area contributed by atoms with Crippen LogP contribution < -0.4 is 0 Å². The molecule has 2 heterocycles. The number of aryl methyl sites for hydroxylation is 2. The monoisotopic (exact) mass is 236 g/mol. The van der Waals surface area contributed by atoms with Crippen LogP contribution in [0.5, 0.6) is 0 Å². The molecule has 0 aliphatic rings. The van der Waals surface area contributed by atoms with Crippen molar-refractivity contribution >= 4 is 23.6 Å². The molecule has 15 heavy (non-hydrogen) atoms. The van der Waals surface area contributed by atoms with Crippen LogP contribution in [0.25, 0.3) is 11.3 Å². The molecule has 0 saturated heterocycles. The Morgan fingerprint density at radius 2 is 2.07 bits per heavy atom. The number of nitrogens with one attached hydrogen (secondary N) is 1. The van der Waals surface area contributed by atoms with Crippen molar-refractivity contribution in [3.05, 3.63) is 32.4 Å². The summed E-state index contributed by atoms with van der Waals surface area (Å²) in [5.74, 6) is 0.867. The smallest absolute Gasteiger partial charge is 0.133 e. The predicted octanol–water partition coefficient (Wildman–Crippen LogP) is 3.79. The number of aromatic amines is 1. The van der Waals surface area contributed by atoms with Crippen LogP contribution in [0.3, 0.4) is 0 Å². The van der Waals surface area contributed by atoms with Crippen molar-refractivity contribution in [3.63, 3.8) is 0 Å². The van der Waals surface area contributed by atoms with Gasteiger partial charge in [-0.05, 0) is 32.2 Å². The molecule has 0 bridgehead atoms. The Balaban J connectivity index is 2.73. The van der Waals surface area contributed by atoms with Crippen molar-refractivity contribution in [2.75, 3.05) is 0 Å². The second kappa shape index (κ2) is 3.87. The Kier molecular flexibility index (Phi) is 2.71. The van der Waals surface area contributed by atoms with Gasteiger partial charge in [0.25, 0.3) is 0 Å². The van der Waals surface area contributed by atoms with Crippen LogP contribution in [0.4, 0.5) is 0 Å². The first kappa shape index (κ1) is 10.5. The Morgan fingerprint density at radius 3 is 2.67 bits per heavy atom. The van der Waals surface area contributed by atoms with Gasteiger partial charge in [-0.25, -0.2) is 4.98 Å². The lowest BCUT2D eigenvalue weighted by Crippen LogP contribution is -1.96. The van der Waals surface area contributed by atoms with E-state index in [0.29, 0.717) is 4.64 Å². The van der Waals surface area contributed by atoms with Gasteiger partial charge < -0.3 is 4.98 Å². The minimum atomic E-state index is 0.687. The van der Waals surface area contributed by atoms with Gasteiger partial charge in [0.15, 0.2) is 0 Å². The van der Waals surface area contributed by atoms with Crippen LogP contribution in [0.15, 0.2) is 11.4 Å². The summed E-state index contributed by atoms with van der Waals surface area (Å²) in [7, 11) is 0. The van der Waals surface area contributed by atoms with E-state index < -0.39 is 0 Å². The van der Waals surface area contributed by atoms with Crippen molar-refractivity contribution in [2.45, 2.75) is 20.8 Å². The summed E-state index contributed by atoms with van der Waals surface area (Å²) in [4.78, 5) is 8.82. The normalized spacial score (nSPS) is 10.6. The Morgan fingerprint density at radius 1 is 1.33 bits per heavy atom. The van der Waals surface area contributed by atoms with Gasteiger partial charge >= 0.3 is 0 Å². The third-order valence-electron chi connectivity index (χ3n) is 2.40. The van der Waals surface area contributed by atoms with Gasteiger partial charge in [-0.2, -0.15) is 0 Å². The summed E-state index contributed by atoms with van der Waals surface area (Å²) in [5, 5.41) is 2.09. The van der Waals surface area contributed by atoms with Gasteiger partial charge in [0, 0.05) is 16.0 Å². The highest BCUT2D eigenvalue weighted by molar-refractivity contribution is 7.71. The highest BCUT2D eigenvalue weighted by Gasteiger charge is 2.08.